The van der Waals surface area contributed by atoms with Crippen molar-refractivity contribution < 1.29 is 19.1 Å². The molecule has 0 saturated heterocycles. The van der Waals surface area contributed by atoms with Gasteiger partial charge < -0.3 is 10.1 Å². The lowest BCUT2D eigenvalue weighted by atomic mass is 10.1. The van der Waals surface area contributed by atoms with Gasteiger partial charge in [0.25, 0.3) is 17.7 Å². The minimum atomic E-state index is -0.358. The van der Waals surface area contributed by atoms with Crippen LogP contribution in [0.3, 0.4) is 0 Å². The first kappa shape index (κ1) is 17.7. The summed E-state index contributed by atoms with van der Waals surface area (Å²) in [7, 11) is 1.55. The quantitative estimate of drug-likeness (QED) is 0.839. The molecule has 0 spiro atoms. The SMILES string of the molecule is COc1cccc(NC(=O)c2ccc3c(c2)C(=O)N(CC(C)C)C3=O)c1. The Kier molecular flexibility index (Phi) is 4.75. The number of rotatable bonds is 5. The molecule has 1 aliphatic rings. The van der Waals surface area contributed by atoms with Gasteiger partial charge in [0.1, 0.15) is 5.75 Å². The molecule has 0 bridgehead atoms. The number of amides is 3. The third kappa shape index (κ3) is 3.31. The summed E-state index contributed by atoms with van der Waals surface area (Å²) in [6.45, 7) is 4.24. The van der Waals surface area contributed by atoms with Crippen LogP contribution >= 0.6 is 0 Å². The van der Waals surface area contributed by atoms with E-state index in [0.717, 1.165) is 0 Å². The molecule has 2 aromatic rings. The molecule has 0 saturated carbocycles. The number of imide groups is 1. The van der Waals surface area contributed by atoms with E-state index in [4.69, 9.17) is 4.74 Å². The highest BCUT2D eigenvalue weighted by molar-refractivity contribution is 6.22. The van der Waals surface area contributed by atoms with Crippen LogP contribution in [0.1, 0.15) is 44.9 Å². The number of hydrogen-bond donors (Lipinski definition) is 1. The van der Waals surface area contributed by atoms with Crippen molar-refractivity contribution in [3.05, 3.63) is 59.2 Å². The van der Waals surface area contributed by atoms with Gasteiger partial charge in [0.15, 0.2) is 0 Å². The van der Waals surface area contributed by atoms with Crippen LogP contribution < -0.4 is 10.1 Å². The third-order valence-electron chi connectivity index (χ3n) is 4.11. The van der Waals surface area contributed by atoms with Crippen molar-refractivity contribution in [1.29, 1.82) is 0 Å². The van der Waals surface area contributed by atoms with Gasteiger partial charge in [-0.3, -0.25) is 19.3 Å². The van der Waals surface area contributed by atoms with E-state index in [1.165, 1.54) is 17.0 Å². The molecule has 26 heavy (non-hydrogen) atoms. The van der Waals surface area contributed by atoms with Gasteiger partial charge in [-0.15, -0.1) is 0 Å². The summed E-state index contributed by atoms with van der Waals surface area (Å²) in [4.78, 5) is 38.6. The van der Waals surface area contributed by atoms with Crippen molar-refractivity contribution >= 4 is 23.4 Å². The van der Waals surface area contributed by atoms with E-state index in [1.54, 1.807) is 37.4 Å². The molecule has 3 amide bonds. The zero-order valence-electron chi connectivity index (χ0n) is 14.9. The van der Waals surface area contributed by atoms with Crippen molar-refractivity contribution in [2.24, 2.45) is 5.92 Å². The number of carbonyl (C=O) groups excluding carboxylic acids is 3. The molecule has 0 atom stereocenters. The van der Waals surface area contributed by atoms with Crippen molar-refractivity contribution in [3.63, 3.8) is 0 Å². The molecule has 1 heterocycles. The number of carbonyl (C=O) groups is 3. The molecule has 2 aromatic carbocycles. The summed E-state index contributed by atoms with van der Waals surface area (Å²) in [6, 6.07) is 11.6. The maximum atomic E-state index is 12.5. The maximum absolute atomic E-state index is 12.5. The molecule has 6 heteroatoms. The Labute approximate surface area is 151 Å². The van der Waals surface area contributed by atoms with Crippen LogP contribution in [-0.2, 0) is 0 Å². The first-order valence-corrected chi connectivity index (χ1v) is 8.36. The summed E-state index contributed by atoms with van der Waals surface area (Å²) >= 11 is 0. The highest BCUT2D eigenvalue weighted by atomic mass is 16.5. The number of benzene rings is 2. The number of nitrogens with zero attached hydrogens (tertiary/aromatic N) is 1. The zero-order chi connectivity index (χ0) is 18.8. The Morgan fingerprint density at radius 2 is 1.81 bits per heavy atom. The van der Waals surface area contributed by atoms with Crippen LogP contribution in [0, 0.1) is 5.92 Å². The van der Waals surface area contributed by atoms with E-state index < -0.39 is 0 Å². The Balaban J connectivity index is 1.83. The number of ether oxygens (including phenoxy) is 1. The van der Waals surface area contributed by atoms with E-state index in [-0.39, 0.29) is 29.2 Å². The number of hydrogen-bond acceptors (Lipinski definition) is 4. The van der Waals surface area contributed by atoms with Gasteiger partial charge in [-0.2, -0.15) is 0 Å². The first-order chi connectivity index (χ1) is 12.4. The van der Waals surface area contributed by atoms with Crippen LogP contribution in [0.25, 0.3) is 0 Å². The van der Waals surface area contributed by atoms with Crippen LogP contribution in [0.4, 0.5) is 5.69 Å². The molecule has 6 nitrogen and oxygen atoms in total. The van der Waals surface area contributed by atoms with Crippen molar-refractivity contribution in [2.45, 2.75) is 13.8 Å². The fourth-order valence-electron chi connectivity index (χ4n) is 2.87. The van der Waals surface area contributed by atoms with Gasteiger partial charge in [0.05, 0.1) is 18.2 Å². The molecule has 1 aliphatic heterocycles. The molecule has 3 rings (SSSR count). The van der Waals surface area contributed by atoms with Gasteiger partial charge in [-0.05, 0) is 36.2 Å². The molecule has 0 aliphatic carbocycles. The van der Waals surface area contributed by atoms with Crippen LogP contribution in [-0.4, -0.2) is 36.3 Å². The summed E-state index contributed by atoms with van der Waals surface area (Å²) in [6.07, 6.45) is 0. The standard InChI is InChI=1S/C20H20N2O4/c1-12(2)11-22-19(24)16-8-7-13(9-17(16)20(22)25)18(23)21-14-5-4-6-15(10-14)26-3/h4-10,12H,11H2,1-3H3,(H,21,23). The fraction of sp³-hybridized carbons (Fsp3) is 0.250. The van der Waals surface area contributed by atoms with Crippen LogP contribution in [0.2, 0.25) is 0 Å². The Hall–Kier alpha value is -3.15. The molecule has 0 radical (unpaired) electrons. The number of methoxy groups -OCH3 is 1. The van der Waals surface area contributed by atoms with Gasteiger partial charge in [0.2, 0.25) is 0 Å². The predicted octanol–water partition coefficient (Wildman–Crippen LogP) is 3.20. The van der Waals surface area contributed by atoms with Crippen molar-refractivity contribution in [2.75, 3.05) is 19.0 Å². The normalized spacial score (nSPS) is 13.2. The lowest BCUT2D eigenvalue weighted by Gasteiger charge is -2.15. The highest BCUT2D eigenvalue weighted by Gasteiger charge is 2.36. The molecule has 134 valence electrons. The van der Waals surface area contributed by atoms with Gasteiger partial charge in [0, 0.05) is 23.9 Å². The monoisotopic (exact) mass is 352 g/mol. The maximum Gasteiger partial charge on any atom is 0.261 e. The lowest BCUT2D eigenvalue weighted by molar-refractivity contribution is 0.0636. The molecule has 0 aromatic heterocycles. The topological polar surface area (TPSA) is 75.7 Å². The lowest BCUT2D eigenvalue weighted by Crippen LogP contribution is -2.33. The fourth-order valence-corrected chi connectivity index (χ4v) is 2.87. The minimum Gasteiger partial charge on any atom is -0.497 e. The Morgan fingerprint density at radius 1 is 1.08 bits per heavy atom. The highest BCUT2D eigenvalue weighted by Crippen LogP contribution is 2.25. The van der Waals surface area contributed by atoms with E-state index in [2.05, 4.69) is 5.32 Å². The Morgan fingerprint density at radius 3 is 2.50 bits per heavy atom. The third-order valence-corrected chi connectivity index (χ3v) is 4.11. The largest absolute Gasteiger partial charge is 0.497 e. The second-order valence-electron chi connectivity index (χ2n) is 6.56. The van der Waals surface area contributed by atoms with Crippen molar-refractivity contribution in [1.82, 2.24) is 4.90 Å². The second-order valence-corrected chi connectivity index (χ2v) is 6.56. The van der Waals surface area contributed by atoms with E-state index in [9.17, 15) is 14.4 Å². The van der Waals surface area contributed by atoms with E-state index in [1.807, 2.05) is 13.8 Å². The van der Waals surface area contributed by atoms with E-state index >= 15 is 0 Å². The summed E-state index contributed by atoms with van der Waals surface area (Å²) in [5.74, 6) is -0.216. The molecular formula is C20H20N2O4. The Bertz CT molecular complexity index is 889. The minimum absolute atomic E-state index is 0.174. The summed E-state index contributed by atoms with van der Waals surface area (Å²) in [5.41, 5.74) is 1.51. The van der Waals surface area contributed by atoms with Gasteiger partial charge in [-0.25, -0.2) is 0 Å². The zero-order valence-corrected chi connectivity index (χ0v) is 14.9. The van der Waals surface area contributed by atoms with Crippen molar-refractivity contribution in [3.8, 4) is 5.75 Å². The van der Waals surface area contributed by atoms with Gasteiger partial charge in [-0.1, -0.05) is 19.9 Å². The average molecular weight is 352 g/mol. The summed E-state index contributed by atoms with van der Waals surface area (Å²) in [5, 5.41) is 2.76. The predicted molar refractivity (Wildman–Crippen MR) is 97.6 cm³/mol. The molecule has 1 N–H and O–H groups in total. The smallest absolute Gasteiger partial charge is 0.261 e. The molecular weight excluding hydrogens is 332 g/mol. The summed E-state index contributed by atoms with van der Waals surface area (Å²) < 4.78 is 5.13. The van der Waals surface area contributed by atoms with E-state index in [0.29, 0.717) is 29.1 Å². The second kappa shape index (κ2) is 7.00. The number of fused-ring (bicyclic) bond motifs is 1. The average Bonchev–Trinajstić information content (AvgIpc) is 2.86. The molecule has 0 fully saturated rings. The first-order valence-electron chi connectivity index (χ1n) is 8.36. The van der Waals surface area contributed by atoms with Crippen LogP contribution in [0.5, 0.6) is 5.75 Å². The number of anilines is 1. The van der Waals surface area contributed by atoms with Gasteiger partial charge >= 0.3 is 0 Å². The van der Waals surface area contributed by atoms with Crippen LogP contribution in [0.15, 0.2) is 42.5 Å². The number of nitrogens with one attached hydrogen (secondary N) is 1. The molecule has 0 unspecified atom stereocenters.